The van der Waals surface area contributed by atoms with Crippen LogP contribution in [0, 0.1) is 19.8 Å². The third-order valence-corrected chi connectivity index (χ3v) is 4.24. The molecule has 1 N–H and O–H groups in total. The van der Waals surface area contributed by atoms with Crippen LogP contribution in [0.1, 0.15) is 47.1 Å². The minimum atomic E-state index is -0.0446. The van der Waals surface area contributed by atoms with Gasteiger partial charge in [-0.05, 0) is 37.7 Å². The molecule has 0 unspecified atom stereocenters. The molecule has 118 valence electrons. The monoisotopic (exact) mass is 303 g/mol. The number of carbonyl (C=O) groups is 1. The second-order valence-corrected chi connectivity index (χ2v) is 6.07. The summed E-state index contributed by atoms with van der Waals surface area (Å²) in [5.74, 6) is 1.73. The summed E-state index contributed by atoms with van der Waals surface area (Å²) in [7, 11) is 1.79. The summed E-state index contributed by atoms with van der Waals surface area (Å²) >= 11 is 0. The van der Waals surface area contributed by atoms with Gasteiger partial charge in [0.15, 0.2) is 0 Å². The molecule has 22 heavy (non-hydrogen) atoms. The molecule has 1 saturated carbocycles. The topological polar surface area (TPSA) is 85.8 Å². The molecule has 0 aliphatic heterocycles. The van der Waals surface area contributed by atoms with Crippen LogP contribution in [0.2, 0.25) is 0 Å². The highest BCUT2D eigenvalue weighted by atomic mass is 16.4. The first kappa shape index (κ1) is 14.7. The standard InChI is InChI=1S/C15H21N5O2/c1-9-8-16-20(3)14(9)15(21)17-12-5-4-11(6-12)7-13-19-18-10(2)22-13/h8,11-12H,4-7H2,1-3H3,(H,17,21)/t11-,12+/m1/s1. The Balaban J connectivity index is 1.56. The lowest BCUT2D eigenvalue weighted by Gasteiger charge is -2.13. The van der Waals surface area contributed by atoms with Crippen molar-refractivity contribution >= 4 is 5.91 Å². The minimum Gasteiger partial charge on any atom is -0.426 e. The van der Waals surface area contributed by atoms with Crippen LogP contribution in [-0.4, -0.2) is 31.9 Å². The van der Waals surface area contributed by atoms with Crippen LogP contribution < -0.4 is 5.32 Å². The molecule has 0 aromatic carbocycles. The van der Waals surface area contributed by atoms with Crippen molar-refractivity contribution in [3.05, 3.63) is 29.2 Å². The molecule has 2 heterocycles. The summed E-state index contributed by atoms with van der Waals surface area (Å²) in [4.78, 5) is 12.4. The van der Waals surface area contributed by atoms with Gasteiger partial charge in [-0.1, -0.05) is 0 Å². The average Bonchev–Trinajstić information content (AvgIpc) is 3.14. The smallest absolute Gasteiger partial charge is 0.270 e. The van der Waals surface area contributed by atoms with Gasteiger partial charge in [-0.15, -0.1) is 10.2 Å². The number of nitrogens with one attached hydrogen (secondary N) is 1. The molecule has 1 amide bonds. The number of aryl methyl sites for hydroxylation is 3. The molecule has 7 heteroatoms. The van der Waals surface area contributed by atoms with Crippen LogP contribution in [0.4, 0.5) is 0 Å². The molecule has 2 aromatic heterocycles. The van der Waals surface area contributed by atoms with Gasteiger partial charge in [-0.25, -0.2) is 0 Å². The predicted molar refractivity (Wildman–Crippen MR) is 79.3 cm³/mol. The molecule has 0 bridgehead atoms. The number of amides is 1. The molecular formula is C15H21N5O2. The summed E-state index contributed by atoms with van der Waals surface area (Å²) in [5, 5.41) is 15.1. The quantitative estimate of drug-likeness (QED) is 0.926. The first-order chi connectivity index (χ1) is 10.5. The minimum absolute atomic E-state index is 0.0446. The van der Waals surface area contributed by atoms with E-state index in [1.54, 1.807) is 24.9 Å². The number of rotatable bonds is 4. The van der Waals surface area contributed by atoms with Gasteiger partial charge in [-0.2, -0.15) is 5.10 Å². The van der Waals surface area contributed by atoms with Gasteiger partial charge in [0, 0.05) is 26.4 Å². The van der Waals surface area contributed by atoms with Crippen LogP contribution in [0.3, 0.4) is 0 Å². The van der Waals surface area contributed by atoms with Gasteiger partial charge < -0.3 is 9.73 Å². The molecule has 1 aliphatic rings. The van der Waals surface area contributed by atoms with Gasteiger partial charge in [0.25, 0.3) is 5.91 Å². The van der Waals surface area contributed by atoms with E-state index in [1.807, 2.05) is 6.92 Å². The van der Waals surface area contributed by atoms with Gasteiger partial charge in [-0.3, -0.25) is 9.48 Å². The highest BCUT2D eigenvalue weighted by molar-refractivity contribution is 5.94. The highest BCUT2D eigenvalue weighted by Crippen LogP contribution is 2.28. The fraction of sp³-hybridized carbons (Fsp3) is 0.600. The number of hydrogen-bond acceptors (Lipinski definition) is 5. The Morgan fingerprint density at radius 2 is 2.23 bits per heavy atom. The Kier molecular flexibility index (Phi) is 3.96. The van der Waals surface area contributed by atoms with E-state index in [4.69, 9.17) is 4.42 Å². The maximum Gasteiger partial charge on any atom is 0.270 e. The van der Waals surface area contributed by atoms with Crippen molar-refractivity contribution in [1.82, 2.24) is 25.3 Å². The normalized spacial score (nSPS) is 21.2. The first-order valence-corrected chi connectivity index (χ1v) is 7.61. The van der Waals surface area contributed by atoms with E-state index >= 15 is 0 Å². The highest BCUT2D eigenvalue weighted by Gasteiger charge is 2.28. The molecule has 2 atom stereocenters. The second-order valence-electron chi connectivity index (χ2n) is 6.07. The summed E-state index contributed by atoms with van der Waals surface area (Å²) in [6, 6.07) is 0.204. The zero-order valence-corrected chi connectivity index (χ0v) is 13.2. The molecule has 0 spiro atoms. The van der Waals surface area contributed by atoms with Crippen molar-refractivity contribution in [3.8, 4) is 0 Å². The summed E-state index contributed by atoms with van der Waals surface area (Å²) in [6.45, 7) is 3.70. The second kappa shape index (κ2) is 5.90. The zero-order chi connectivity index (χ0) is 15.7. The molecule has 3 rings (SSSR count). The number of nitrogens with zero attached hydrogens (tertiary/aromatic N) is 4. The molecule has 0 radical (unpaired) electrons. The van der Waals surface area contributed by atoms with Crippen molar-refractivity contribution in [2.45, 2.75) is 45.6 Å². The van der Waals surface area contributed by atoms with Gasteiger partial charge in [0.2, 0.25) is 11.8 Å². The van der Waals surface area contributed by atoms with E-state index < -0.39 is 0 Å². The maximum atomic E-state index is 12.4. The SMILES string of the molecule is Cc1nnc(C[C@@H]2CC[C@H](NC(=O)c3c(C)cnn3C)C2)o1. The third-order valence-electron chi connectivity index (χ3n) is 4.24. The van der Waals surface area contributed by atoms with Crippen molar-refractivity contribution in [2.75, 3.05) is 0 Å². The maximum absolute atomic E-state index is 12.4. The number of aromatic nitrogens is 4. The first-order valence-electron chi connectivity index (χ1n) is 7.61. The van der Waals surface area contributed by atoms with Crippen LogP contribution in [0.15, 0.2) is 10.6 Å². The summed E-state index contributed by atoms with van der Waals surface area (Å²) < 4.78 is 7.05. The lowest BCUT2D eigenvalue weighted by Crippen LogP contribution is -2.34. The van der Waals surface area contributed by atoms with Crippen LogP contribution in [0.25, 0.3) is 0 Å². The van der Waals surface area contributed by atoms with E-state index in [0.717, 1.165) is 31.2 Å². The van der Waals surface area contributed by atoms with Crippen molar-refractivity contribution in [3.63, 3.8) is 0 Å². The number of carbonyl (C=O) groups excluding carboxylic acids is 1. The Bertz CT molecular complexity index is 656. The van der Waals surface area contributed by atoms with Crippen molar-refractivity contribution < 1.29 is 9.21 Å². The molecule has 7 nitrogen and oxygen atoms in total. The molecule has 0 saturated heterocycles. The van der Waals surface area contributed by atoms with Crippen LogP contribution in [0.5, 0.6) is 0 Å². The van der Waals surface area contributed by atoms with Gasteiger partial charge in [0.05, 0.1) is 6.20 Å². The lowest BCUT2D eigenvalue weighted by molar-refractivity contribution is 0.0927. The van der Waals surface area contributed by atoms with E-state index in [1.165, 1.54) is 0 Å². The van der Waals surface area contributed by atoms with Gasteiger partial charge in [0.1, 0.15) is 5.69 Å². The van der Waals surface area contributed by atoms with E-state index in [9.17, 15) is 4.79 Å². The van der Waals surface area contributed by atoms with E-state index in [-0.39, 0.29) is 11.9 Å². The molecule has 2 aromatic rings. The third kappa shape index (κ3) is 3.03. The molecule has 1 aliphatic carbocycles. The Morgan fingerprint density at radius 1 is 1.41 bits per heavy atom. The molecular weight excluding hydrogens is 282 g/mol. The molecule has 1 fully saturated rings. The Hall–Kier alpha value is -2.18. The summed E-state index contributed by atoms with van der Waals surface area (Å²) in [6.07, 6.45) is 5.50. The predicted octanol–water partition coefficient (Wildman–Crippen LogP) is 1.56. The summed E-state index contributed by atoms with van der Waals surface area (Å²) in [5.41, 5.74) is 1.53. The number of hydrogen-bond donors (Lipinski definition) is 1. The largest absolute Gasteiger partial charge is 0.426 e. The van der Waals surface area contributed by atoms with E-state index in [0.29, 0.717) is 23.4 Å². The lowest BCUT2D eigenvalue weighted by atomic mass is 10.0. The van der Waals surface area contributed by atoms with Gasteiger partial charge >= 0.3 is 0 Å². The van der Waals surface area contributed by atoms with Crippen molar-refractivity contribution in [1.29, 1.82) is 0 Å². The van der Waals surface area contributed by atoms with Crippen LogP contribution in [-0.2, 0) is 13.5 Å². The Labute approximate surface area is 129 Å². The fourth-order valence-corrected chi connectivity index (χ4v) is 3.19. The average molecular weight is 303 g/mol. The van der Waals surface area contributed by atoms with Crippen molar-refractivity contribution in [2.24, 2.45) is 13.0 Å². The zero-order valence-electron chi connectivity index (χ0n) is 13.2. The Morgan fingerprint density at radius 3 is 2.86 bits per heavy atom. The van der Waals surface area contributed by atoms with E-state index in [2.05, 4.69) is 20.6 Å². The van der Waals surface area contributed by atoms with Crippen LogP contribution >= 0.6 is 0 Å². The fourth-order valence-electron chi connectivity index (χ4n) is 3.19.